The van der Waals surface area contributed by atoms with Crippen molar-refractivity contribution < 1.29 is 9.53 Å². The van der Waals surface area contributed by atoms with Gasteiger partial charge in [0.2, 0.25) is 5.13 Å². The number of thiazole rings is 1. The van der Waals surface area contributed by atoms with E-state index in [1.165, 1.54) is 22.7 Å². The highest BCUT2D eigenvalue weighted by Crippen LogP contribution is 2.34. The Labute approximate surface area is 175 Å². The first-order valence-corrected chi connectivity index (χ1v) is 10.9. The Morgan fingerprint density at radius 2 is 1.93 bits per heavy atom. The largest absolute Gasteiger partial charge is 0.371 e. The molecule has 5 rings (SSSR count). The maximum Gasteiger partial charge on any atom is 0.269 e. The van der Waals surface area contributed by atoms with E-state index < -0.39 is 0 Å². The number of carbonyl (C=O) groups excluding carboxylic acids is 1. The highest BCUT2D eigenvalue weighted by molar-refractivity contribution is 7.17. The van der Waals surface area contributed by atoms with Gasteiger partial charge in [-0.25, -0.2) is 4.98 Å². The van der Waals surface area contributed by atoms with Crippen molar-refractivity contribution in [3.63, 3.8) is 0 Å². The summed E-state index contributed by atoms with van der Waals surface area (Å²) in [5, 5.41) is 13.2. The molecule has 146 valence electrons. The lowest BCUT2D eigenvalue weighted by Gasteiger charge is -2.03. The number of anilines is 1. The van der Waals surface area contributed by atoms with Gasteiger partial charge in [0, 0.05) is 24.6 Å². The molecule has 1 atom stereocenters. The van der Waals surface area contributed by atoms with Crippen LogP contribution in [0.5, 0.6) is 0 Å². The van der Waals surface area contributed by atoms with Crippen molar-refractivity contribution in [3.05, 3.63) is 64.7 Å². The molecule has 0 radical (unpaired) electrons. The first kappa shape index (κ1) is 18.2. The summed E-state index contributed by atoms with van der Waals surface area (Å²) < 4.78 is 7.55. The molecule has 7 nitrogen and oxygen atoms in total. The second kappa shape index (κ2) is 7.86. The number of amides is 1. The molecule has 4 heterocycles. The van der Waals surface area contributed by atoms with Crippen molar-refractivity contribution >= 4 is 33.7 Å². The molecule has 0 aliphatic carbocycles. The zero-order valence-electron chi connectivity index (χ0n) is 15.3. The molecular weight excluding hydrogens is 406 g/mol. The molecule has 29 heavy (non-hydrogen) atoms. The molecule has 1 N–H and O–H groups in total. The third kappa shape index (κ3) is 3.71. The number of benzene rings is 1. The van der Waals surface area contributed by atoms with Crippen LogP contribution in [-0.4, -0.2) is 32.3 Å². The Morgan fingerprint density at radius 1 is 1.10 bits per heavy atom. The van der Waals surface area contributed by atoms with E-state index in [1.54, 1.807) is 0 Å². The molecule has 4 aromatic rings. The highest BCUT2D eigenvalue weighted by atomic mass is 32.1. The molecule has 3 aromatic heterocycles. The van der Waals surface area contributed by atoms with Crippen LogP contribution in [0.4, 0.5) is 5.13 Å². The fourth-order valence-corrected chi connectivity index (χ4v) is 4.94. The van der Waals surface area contributed by atoms with E-state index in [0.717, 1.165) is 35.2 Å². The third-order valence-electron chi connectivity index (χ3n) is 4.56. The lowest BCUT2D eigenvalue weighted by Crippen LogP contribution is -2.11. The summed E-state index contributed by atoms with van der Waals surface area (Å²) in [5.74, 6) is -0.241. The number of hydrogen-bond donors (Lipinski definition) is 1. The number of nitrogens with zero attached hydrogens (tertiary/aromatic N) is 4. The first-order valence-electron chi connectivity index (χ1n) is 9.24. The molecule has 1 aliphatic heterocycles. The second-order valence-corrected chi connectivity index (χ2v) is 8.52. The van der Waals surface area contributed by atoms with Crippen LogP contribution in [0.25, 0.3) is 16.4 Å². The van der Waals surface area contributed by atoms with E-state index in [2.05, 4.69) is 15.5 Å². The lowest BCUT2D eigenvalue weighted by atomic mass is 10.1. The molecule has 0 bridgehead atoms. The average molecular weight is 424 g/mol. The summed E-state index contributed by atoms with van der Waals surface area (Å²) in [6.07, 6.45) is 5.77. The molecule has 1 fully saturated rings. The van der Waals surface area contributed by atoms with Gasteiger partial charge in [0.1, 0.15) is 16.0 Å². The van der Waals surface area contributed by atoms with Crippen LogP contribution in [0, 0.1) is 0 Å². The molecule has 0 spiro atoms. The van der Waals surface area contributed by atoms with E-state index >= 15 is 0 Å². The van der Waals surface area contributed by atoms with Crippen LogP contribution in [0.1, 0.15) is 33.6 Å². The van der Waals surface area contributed by atoms with Crippen molar-refractivity contribution in [2.75, 3.05) is 11.9 Å². The van der Waals surface area contributed by atoms with E-state index in [9.17, 15) is 4.79 Å². The third-order valence-corrected chi connectivity index (χ3v) is 6.56. The molecule has 1 saturated heterocycles. The quantitative estimate of drug-likeness (QED) is 0.509. The van der Waals surface area contributed by atoms with E-state index in [0.29, 0.717) is 15.7 Å². The number of aromatic nitrogens is 4. The van der Waals surface area contributed by atoms with Crippen LogP contribution in [-0.2, 0) is 4.74 Å². The number of rotatable bonds is 5. The van der Waals surface area contributed by atoms with Gasteiger partial charge in [0.05, 0.1) is 5.69 Å². The monoisotopic (exact) mass is 423 g/mol. The zero-order chi connectivity index (χ0) is 19.6. The summed E-state index contributed by atoms with van der Waals surface area (Å²) >= 11 is 2.70. The van der Waals surface area contributed by atoms with Crippen LogP contribution >= 0.6 is 22.7 Å². The normalized spacial score (nSPS) is 16.2. The van der Waals surface area contributed by atoms with Crippen LogP contribution in [0.2, 0.25) is 0 Å². The van der Waals surface area contributed by atoms with Crippen LogP contribution < -0.4 is 5.32 Å². The van der Waals surface area contributed by atoms with Gasteiger partial charge in [-0.1, -0.05) is 53.0 Å². The topological polar surface area (TPSA) is 81.9 Å². The number of carbonyl (C=O) groups is 1. The van der Waals surface area contributed by atoms with Crippen LogP contribution in [0.3, 0.4) is 0 Å². The number of ether oxygens (including phenoxy) is 1. The summed E-state index contributed by atoms with van der Waals surface area (Å²) in [7, 11) is 0. The van der Waals surface area contributed by atoms with Gasteiger partial charge >= 0.3 is 0 Å². The van der Waals surface area contributed by atoms with E-state index in [4.69, 9.17) is 9.72 Å². The van der Waals surface area contributed by atoms with Crippen molar-refractivity contribution in [1.82, 2.24) is 19.7 Å². The Kier molecular flexibility index (Phi) is 4.92. The molecular formula is C20H17N5O2S2. The first-order chi connectivity index (χ1) is 14.3. The molecule has 1 unspecified atom stereocenters. The van der Waals surface area contributed by atoms with Gasteiger partial charge in [-0.15, -0.1) is 10.2 Å². The minimum Gasteiger partial charge on any atom is -0.371 e. The smallest absolute Gasteiger partial charge is 0.269 e. The summed E-state index contributed by atoms with van der Waals surface area (Å²) in [6.45, 7) is 0.745. The Morgan fingerprint density at radius 3 is 2.69 bits per heavy atom. The average Bonchev–Trinajstić information content (AvgIpc) is 3.55. The van der Waals surface area contributed by atoms with Gasteiger partial charge in [-0.2, -0.15) is 0 Å². The highest BCUT2D eigenvalue weighted by Gasteiger charge is 2.24. The second-order valence-electron chi connectivity index (χ2n) is 6.53. The molecule has 1 aliphatic rings. The lowest BCUT2D eigenvalue weighted by molar-refractivity contribution is 0.103. The Hall–Kier alpha value is -2.88. The van der Waals surface area contributed by atoms with Gasteiger partial charge in [0.25, 0.3) is 5.91 Å². The number of nitrogens with one attached hydrogen (secondary N) is 1. The number of hydrogen-bond acceptors (Lipinski definition) is 7. The summed E-state index contributed by atoms with van der Waals surface area (Å²) in [5.41, 5.74) is 1.55. The summed E-state index contributed by atoms with van der Waals surface area (Å²) in [6, 6.07) is 13.6. The van der Waals surface area contributed by atoms with E-state index in [1.807, 2.05) is 59.4 Å². The molecule has 1 aromatic carbocycles. The summed E-state index contributed by atoms with van der Waals surface area (Å²) in [4.78, 5) is 18.3. The zero-order valence-corrected chi connectivity index (χ0v) is 16.9. The molecule has 1 amide bonds. The van der Waals surface area contributed by atoms with Gasteiger partial charge < -0.3 is 9.30 Å². The maximum atomic E-state index is 13.1. The molecule has 9 heteroatoms. The van der Waals surface area contributed by atoms with Gasteiger partial charge in [0.15, 0.2) is 5.13 Å². The Bertz CT molecular complexity index is 1120. The fraction of sp³-hybridized carbons (Fsp3) is 0.200. The maximum absolute atomic E-state index is 13.1. The van der Waals surface area contributed by atoms with Crippen molar-refractivity contribution in [3.8, 4) is 16.4 Å². The Balaban J connectivity index is 1.45. The minimum absolute atomic E-state index is 0.0122. The van der Waals surface area contributed by atoms with Crippen molar-refractivity contribution in [2.45, 2.75) is 18.9 Å². The standard InChI is InChI=1S/C20H17N5O2S2/c26-17(22-19-24-23-18(29-19)14-9-6-12-27-14)16-15(13-7-2-1-3-8-13)21-20(28-16)25-10-4-5-11-25/h1-5,7-8,10-11,14H,6,9,12H2,(H,22,24,26). The van der Waals surface area contributed by atoms with Crippen LogP contribution in [0.15, 0.2) is 54.9 Å². The molecule has 0 saturated carbocycles. The van der Waals surface area contributed by atoms with Gasteiger partial charge in [-0.05, 0) is 25.0 Å². The predicted molar refractivity (Wildman–Crippen MR) is 113 cm³/mol. The SMILES string of the molecule is O=C(Nc1nnc(C2CCCO2)s1)c1sc(-n2cccc2)nc1-c1ccccc1. The van der Waals surface area contributed by atoms with Crippen molar-refractivity contribution in [1.29, 1.82) is 0 Å². The van der Waals surface area contributed by atoms with Gasteiger partial charge in [-0.3, -0.25) is 10.1 Å². The minimum atomic E-state index is -0.241. The predicted octanol–water partition coefficient (Wildman–Crippen LogP) is 4.56. The van der Waals surface area contributed by atoms with E-state index in [-0.39, 0.29) is 12.0 Å². The fourth-order valence-electron chi connectivity index (χ4n) is 3.17. The van der Waals surface area contributed by atoms with Crippen molar-refractivity contribution in [2.24, 2.45) is 0 Å².